The Hall–Kier alpha value is -2.19. The molecule has 1 fully saturated rings. The van der Waals surface area contributed by atoms with E-state index in [2.05, 4.69) is 5.32 Å². The van der Waals surface area contributed by atoms with Gasteiger partial charge in [0.25, 0.3) is 5.91 Å². The van der Waals surface area contributed by atoms with Crippen molar-refractivity contribution in [2.45, 2.75) is 26.3 Å². The van der Waals surface area contributed by atoms with Crippen molar-refractivity contribution < 1.29 is 19.5 Å². The smallest absolute Gasteiger partial charge is 0.326 e. The van der Waals surface area contributed by atoms with Crippen LogP contribution in [-0.2, 0) is 14.4 Å². The van der Waals surface area contributed by atoms with E-state index in [1.165, 1.54) is 4.90 Å². The summed E-state index contributed by atoms with van der Waals surface area (Å²) in [6.07, 6.45) is 1.98. The molecule has 1 aliphatic heterocycles. The number of benzene rings is 1. The zero-order valence-corrected chi connectivity index (χ0v) is 15.4. The van der Waals surface area contributed by atoms with Crippen molar-refractivity contribution >= 4 is 52.2 Å². The normalized spacial score (nSPS) is 17.0. The Bertz CT molecular complexity index is 744. The summed E-state index contributed by atoms with van der Waals surface area (Å²) in [6.45, 7) is 3.34. The van der Waals surface area contributed by atoms with E-state index in [4.69, 9.17) is 17.3 Å². The van der Waals surface area contributed by atoms with Gasteiger partial charge in [0.2, 0.25) is 5.91 Å². The maximum absolute atomic E-state index is 12.5. The van der Waals surface area contributed by atoms with Gasteiger partial charge in [0.1, 0.15) is 16.9 Å². The number of carbonyl (C=O) groups excluding carboxylic acids is 2. The Labute approximate surface area is 155 Å². The van der Waals surface area contributed by atoms with Gasteiger partial charge in [0, 0.05) is 0 Å². The monoisotopic (exact) mass is 378 g/mol. The third kappa shape index (κ3) is 4.90. The molecule has 0 aromatic heterocycles. The molecule has 6 nitrogen and oxygen atoms in total. The second-order valence-electron chi connectivity index (χ2n) is 5.55. The van der Waals surface area contributed by atoms with Crippen LogP contribution < -0.4 is 5.32 Å². The number of aryl methyl sites for hydroxylation is 1. The minimum absolute atomic E-state index is 0.257. The molecule has 0 spiro atoms. The summed E-state index contributed by atoms with van der Waals surface area (Å²) in [7, 11) is 0. The summed E-state index contributed by atoms with van der Waals surface area (Å²) in [6, 6.07) is 6.70. The lowest BCUT2D eigenvalue weighted by Gasteiger charge is -2.17. The molecule has 8 heteroatoms. The maximum Gasteiger partial charge on any atom is 0.326 e. The largest absolute Gasteiger partial charge is 0.480 e. The number of hydrogen-bond acceptors (Lipinski definition) is 5. The fourth-order valence-electron chi connectivity index (χ4n) is 2.17. The van der Waals surface area contributed by atoms with E-state index in [9.17, 15) is 14.4 Å². The van der Waals surface area contributed by atoms with E-state index in [0.29, 0.717) is 4.91 Å². The predicted octanol–water partition coefficient (Wildman–Crippen LogP) is 2.18. The number of nitrogens with one attached hydrogen (secondary N) is 1. The summed E-state index contributed by atoms with van der Waals surface area (Å²) >= 11 is 6.30. The number of aliphatic carboxylic acids is 1. The summed E-state index contributed by atoms with van der Waals surface area (Å²) < 4.78 is 0.280. The highest BCUT2D eigenvalue weighted by atomic mass is 32.2. The lowest BCUT2D eigenvalue weighted by Crippen LogP contribution is -2.46. The van der Waals surface area contributed by atoms with E-state index >= 15 is 0 Å². The zero-order valence-electron chi connectivity index (χ0n) is 13.8. The number of hydrogen-bond donors (Lipinski definition) is 2. The predicted molar refractivity (Wildman–Crippen MR) is 101 cm³/mol. The second-order valence-corrected chi connectivity index (χ2v) is 7.22. The number of amides is 2. The molecule has 2 N–H and O–H groups in total. The number of carboxylic acids is 1. The van der Waals surface area contributed by atoms with Crippen molar-refractivity contribution in [3.63, 3.8) is 0 Å². The average Bonchev–Trinajstić information content (AvgIpc) is 2.82. The first-order chi connectivity index (χ1) is 11.8. The van der Waals surface area contributed by atoms with Crippen molar-refractivity contribution in [1.29, 1.82) is 0 Å². The SMILES string of the molecule is CC[C@@H](NC(=O)CN1C(=O)/C(=C\c2ccc(C)cc2)SC1=S)C(=O)O. The minimum Gasteiger partial charge on any atom is -0.480 e. The number of carbonyl (C=O) groups is 3. The Morgan fingerprint density at radius 2 is 2.00 bits per heavy atom. The van der Waals surface area contributed by atoms with E-state index in [1.807, 2.05) is 31.2 Å². The van der Waals surface area contributed by atoms with E-state index in [1.54, 1.807) is 13.0 Å². The fourth-order valence-corrected chi connectivity index (χ4v) is 3.43. The lowest BCUT2D eigenvalue weighted by atomic mass is 10.1. The quantitative estimate of drug-likeness (QED) is 0.583. The van der Waals surface area contributed by atoms with Gasteiger partial charge in [-0.05, 0) is 25.0 Å². The Morgan fingerprint density at radius 3 is 2.56 bits per heavy atom. The Kier molecular flexibility index (Phi) is 6.33. The van der Waals surface area contributed by atoms with Crippen LogP contribution in [0.4, 0.5) is 0 Å². The molecule has 25 heavy (non-hydrogen) atoms. The molecule has 0 saturated carbocycles. The highest BCUT2D eigenvalue weighted by Gasteiger charge is 2.34. The van der Waals surface area contributed by atoms with Gasteiger partial charge in [-0.15, -0.1) is 0 Å². The van der Waals surface area contributed by atoms with Crippen LogP contribution in [0, 0.1) is 6.92 Å². The van der Waals surface area contributed by atoms with Gasteiger partial charge in [0.05, 0.1) is 4.91 Å². The average molecular weight is 378 g/mol. The molecule has 0 bridgehead atoms. The fraction of sp³-hybridized carbons (Fsp3) is 0.294. The van der Waals surface area contributed by atoms with Crippen LogP contribution in [0.3, 0.4) is 0 Å². The summed E-state index contributed by atoms with van der Waals surface area (Å²) in [5, 5.41) is 11.4. The molecule has 2 rings (SSSR count). The van der Waals surface area contributed by atoms with Crippen molar-refractivity contribution in [3.05, 3.63) is 40.3 Å². The Balaban J connectivity index is 2.07. The van der Waals surface area contributed by atoms with Gasteiger partial charge in [-0.3, -0.25) is 14.5 Å². The lowest BCUT2D eigenvalue weighted by molar-refractivity contribution is -0.142. The van der Waals surface area contributed by atoms with Gasteiger partial charge < -0.3 is 10.4 Å². The molecule has 1 aromatic carbocycles. The molecule has 2 amide bonds. The third-order valence-corrected chi connectivity index (χ3v) is 4.97. The van der Waals surface area contributed by atoms with Gasteiger partial charge in [0.15, 0.2) is 0 Å². The topological polar surface area (TPSA) is 86.7 Å². The van der Waals surface area contributed by atoms with Crippen LogP contribution in [0.25, 0.3) is 6.08 Å². The number of thioether (sulfide) groups is 1. The molecule has 1 aromatic rings. The zero-order chi connectivity index (χ0) is 18.6. The van der Waals surface area contributed by atoms with Gasteiger partial charge in [-0.2, -0.15) is 0 Å². The summed E-state index contributed by atoms with van der Waals surface area (Å²) in [5.74, 6) is -2.02. The van der Waals surface area contributed by atoms with Crippen molar-refractivity contribution in [1.82, 2.24) is 10.2 Å². The standard InChI is InChI=1S/C17H18N2O4S2/c1-3-12(16(22)23)18-14(20)9-19-15(21)13(25-17(19)24)8-11-6-4-10(2)5-7-11/h4-8,12H,3,9H2,1-2H3,(H,18,20)(H,22,23)/b13-8+/t12-/m1/s1. The molecule has 1 saturated heterocycles. The van der Waals surface area contributed by atoms with Crippen LogP contribution in [0.5, 0.6) is 0 Å². The Morgan fingerprint density at radius 1 is 1.36 bits per heavy atom. The summed E-state index contributed by atoms with van der Waals surface area (Å²) in [5.41, 5.74) is 1.98. The molecule has 1 heterocycles. The number of rotatable bonds is 6. The van der Waals surface area contributed by atoms with Crippen LogP contribution in [0.15, 0.2) is 29.2 Å². The van der Waals surface area contributed by atoms with Gasteiger partial charge in [-0.25, -0.2) is 4.79 Å². The molecule has 132 valence electrons. The molecule has 0 unspecified atom stereocenters. The first kappa shape index (κ1) is 19.1. The number of nitrogens with zero attached hydrogens (tertiary/aromatic N) is 1. The van der Waals surface area contributed by atoms with E-state index < -0.39 is 17.9 Å². The maximum atomic E-state index is 12.5. The summed E-state index contributed by atoms with van der Waals surface area (Å²) in [4.78, 5) is 37.1. The highest BCUT2D eigenvalue weighted by molar-refractivity contribution is 8.26. The van der Waals surface area contributed by atoms with E-state index in [-0.39, 0.29) is 23.2 Å². The minimum atomic E-state index is -1.11. The van der Waals surface area contributed by atoms with Crippen LogP contribution >= 0.6 is 24.0 Å². The van der Waals surface area contributed by atoms with Crippen molar-refractivity contribution in [2.24, 2.45) is 0 Å². The number of thiocarbonyl (C=S) groups is 1. The third-order valence-electron chi connectivity index (χ3n) is 3.59. The first-order valence-electron chi connectivity index (χ1n) is 7.66. The van der Waals surface area contributed by atoms with Crippen molar-refractivity contribution in [3.8, 4) is 0 Å². The first-order valence-corrected chi connectivity index (χ1v) is 8.88. The molecular weight excluding hydrogens is 360 g/mol. The van der Waals surface area contributed by atoms with E-state index in [0.717, 1.165) is 22.9 Å². The highest BCUT2D eigenvalue weighted by Crippen LogP contribution is 2.32. The van der Waals surface area contributed by atoms with Gasteiger partial charge in [-0.1, -0.05) is 60.7 Å². The van der Waals surface area contributed by atoms with Gasteiger partial charge >= 0.3 is 5.97 Å². The van der Waals surface area contributed by atoms with Crippen LogP contribution in [0.2, 0.25) is 0 Å². The molecular formula is C17H18N2O4S2. The number of carboxylic acid groups (broad SMARTS) is 1. The molecule has 1 aliphatic rings. The van der Waals surface area contributed by atoms with Crippen LogP contribution in [0.1, 0.15) is 24.5 Å². The van der Waals surface area contributed by atoms with Crippen LogP contribution in [-0.4, -0.2) is 44.7 Å². The molecule has 0 aliphatic carbocycles. The van der Waals surface area contributed by atoms with Crippen molar-refractivity contribution in [2.75, 3.05) is 6.54 Å². The second kappa shape index (κ2) is 8.26. The molecule has 0 radical (unpaired) electrons. The molecule has 1 atom stereocenters.